The van der Waals surface area contributed by atoms with E-state index in [1.165, 1.54) is 43.9 Å². The highest BCUT2D eigenvalue weighted by molar-refractivity contribution is 5.95. The molecule has 0 aliphatic heterocycles. The number of benzene rings is 1. The van der Waals surface area contributed by atoms with Crippen molar-refractivity contribution in [2.45, 2.75) is 86.2 Å². The highest BCUT2D eigenvalue weighted by atomic mass is 19.4. The zero-order valence-electron chi connectivity index (χ0n) is 22.2. The van der Waals surface area contributed by atoms with Gasteiger partial charge in [-0.2, -0.15) is 13.2 Å². The summed E-state index contributed by atoms with van der Waals surface area (Å²) in [5.74, 6) is 1.25. The normalized spacial score (nSPS) is 13.7. The number of allylic oxidation sites excluding steroid dienone is 3. The second-order valence-electron chi connectivity index (χ2n) is 8.48. The number of pyridine rings is 1. The van der Waals surface area contributed by atoms with Gasteiger partial charge in [0.25, 0.3) is 0 Å². The molecule has 1 aliphatic rings. The van der Waals surface area contributed by atoms with Crippen molar-refractivity contribution in [3.05, 3.63) is 83.7 Å². The lowest BCUT2D eigenvalue weighted by molar-refractivity contribution is -0.0912. The maximum absolute atomic E-state index is 12.2. The standard InChI is InChI=1S/C11H10F3N.C10H12O.C7H14.C2H6/c1-8(6-9(2)11(12,13)14)10-4-3-5-15-7-10;1-3-10(11)9-6-4-8(2)5-7-9;1-7-5-3-2-4-6-7;1-2/h3-7H,1H2,2H3;4-7H,3H2,1-2H3;7H,2-6H2,1H3;1-2H3/b9-6+;;;. The van der Waals surface area contributed by atoms with Crippen molar-refractivity contribution >= 4 is 11.4 Å². The number of ketones is 1. The molecule has 35 heavy (non-hydrogen) atoms. The van der Waals surface area contributed by atoms with Gasteiger partial charge in [0.1, 0.15) is 0 Å². The molecule has 2 nitrogen and oxygen atoms in total. The summed E-state index contributed by atoms with van der Waals surface area (Å²) in [6.45, 7) is 14.8. The SMILES string of the molecule is C=C(/C=C(\C)C(F)(F)F)c1cccnc1.CC.CC1CCCCC1.CCC(=O)c1ccc(C)cc1. The van der Waals surface area contributed by atoms with Crippen molar-refractivity contribution in [3.8, 4) is 0 Å². The molecule has 0 amide bonds. The number of nitrogens with zero attached hydrogens (tertiary/aromatic N) is 1. The summed E-state index contributed by atoms with van der Waals surface area (Å²) in [4.78, 5) is 14.9. The summed E-state index contributed by atoms with van der Waals surface area (Å²) in [7, 11) is 0. The fourth-order valence-electron chi connectivity index (χ4n) is 3.23. The van der Waals surface area contributed by atoms with Crippen LogP contribution in [0.25, 0.3) is 5.57 Å². The van der Waals surface area contributed by atoms with Crippen LogP contribution in [0.1, 0.15) is 94.6 Å². The minimum Gasteiger partial charge on any atom is -0.294 e. The van der Waals surface area contributed by atoms with Crippen molar-refractivity contribution in [2.75, 3.05) is 0 Å². The van der Waals surface area contributed by atoms with Crippen molar-refractivity contribution in [3.63, 3.8) is 0 Å². The third-order valence-electron chi connectivity index (χ3n) is 5.46. The van der Waals surface area contributed by atoms with Crippen LogP contribution in [0.4, 0.5) is 13.2 Å². The second-order valence-corrected chi connectivity index (χ2v) is 8.48. The number of hydrogen-bond donors (Lipinski definition) is 0. The molecular formula is C30H42F3NO. The Balaban J connectivity index is 0.000000506. The first-order valence-corrected chi connectivity index (χ1v) is 12.5. The summed E-state index contributed by atoms with van der Waals surface area (Å²) in [6, 6.07) is 11.0. The van der Waals surface area contributed by atoms with E-state index in [2.05, 4.69) is 18.5 Å². The summed E-state index contributed by atoms with van der Waals surface area (Å²) in [5.41, 5.74) is 2.23. The van der Waals surface area contributed by atoms with Crippen LogP contribution in [-0.4, -0.2) is 16.9 Å². The summed E-state index contributed by atoms with van der Waals surface area (Å²) in [6.07, 6.45) is 7.76. The van der Waals surface area contributed by atoms with Gasteiger partial charge in [-0.1, -0.05) is 102 Å². The minimum absolute atomic E-state index is 0.213. The molecule has 0 bridgehead atoms. The Hall–Kier alpha value is -2.69. The van der Waals surface area contributed by atoms with Gasteiger partial charge in [-0.25, -0.2) is 0 Å². The zero-order valence-corrected chi connectivity index (χ0v) is 22.2. The number of Topliss-reactive ketones (excluding diaryl/α,β-unsaturated/α-hetero) is 1. The third kappa shape index (κ3) is 14.3. The lowest BCUT2D eigenvalue weighted by Crippen LogP contribution is -2.08. The van der Waals surface area contributed by atoms with E-state index in [1.807, 2.05) is 52.0 Å². The van der Waals surface area contributed by atoms with Crippen LogP contribution in [0.5, 0.6) is 0 Å². The average Bonchev–Trinajstić information content (AvgIpc) is 2.86. The smallest absolute Gasteiger partial charge is 0.294 e. The largest absolute Gasteiger partial charge is 0.412 e. The zero-order chi connectivity index (χ0) is 26.9. The fourth-order valence-corrected chi connectivity index (χ4v) is 3.23. The van der Waals surface area contributed by atoms with Gasteiger partial charge in [0.15, 0.2) is 5.78 Å². The lowest BCUT2D eigenvalue weighted by Gasteiger charge is -2.15. The van der Waals surface area contributed by atoms with Crippen LogP contribution in [-0.2, 0) is 0 Å². The van der Waals surface area contributed by atoms with Gasteiger partial charge in [0.05, 0.1) is 0 Å². The van der Waals surface area contributed by atoms with Gasteiger partial charge in [-0.05, 0) is 43.0 Å². The van der Waals surface area contributed by atoms with E-state index in [0.29, 0.717) is 17.6 Å². The summed E-state index contributed by atoms with van der Waals surface area (Å²) < 4.78 is 36.6. The highest BCUT2D eigenvalue weighted by Gasteiger charge is 2.29. The van der Waals surface area contributed by atoms with Gasteiger partial charge in [0, 0.05) is 30.0 Å². The minimum atomic E-state index is -4.30. The monoisotopic (exact) mass is 489 g/mol. The first-order valence-electron chi connectivity index (χ1n) is 12.5. The quantitative estimate of drug-likeness (QED) is 0.316. The predicted molar refractivity (Wildman–Crippen MR) is 142 cm³/mol. The molecule has 0 N–H and O–H groups in total. The maximum Gasteiger partial charge on any atom is 0.412 e. The highest BCUT2D eigenvalue weighted by Crippen LogP contribution is 2.27. The number of halogens is 3. The molecule has 1 heterocycles. The summed E-state index contributed by atoms with van der Waals surface area (Å²) >= 11 is 0. The van der Waals surface area contributed by atoms with E-state index in [1.54, 1.807) is 18.3 Å². The van der Waals surface area contributed by atoms with Gasteiger partial charge < -0.3 is 0 Å². The number of carbonyl (C=O) groups excluding carboxylic acids is 1. The molecule has 0 atom stereocenters. The predicted octanol–water partition coefficient (Wildman–Crippen LogP) is 9.80. The molecule has 1 fully saturated rings. The Morgan fingerprint density at radius 3 is 2.03 bits per heavy atom. The molecule has 0 saturated heterocycles. The number of rotatable bonds is 4. The molecular weight excluding hydrogens is 447 g/mol. The Morgan fingerprint density at radius 1 is 1.06 bits per heavy atom. The molecule has 3 rings (SSSR count). The van der Waals surface area contributed by atoms with Crippen molar-refractivity contribution in [2.24, 2.45) is 5.92 Å². The number of carbonyl (C=O) groups is 1. The van der Waals surface area contributed by atoms with E-state index in [0.717, 1.165) is 24.5 Å². The Kier molecular flexibility index (Phi) is 16.3. The lowest BCUT2D eigenvalue weighted by atomic mass is 9.91. The molecule has 0 spiro atoms. The molecule has 194 valence electrons. The Morgan fingerprint density at radius 2 is 1.63 bits per heavy atom. The number of hydrogen-bond acceptors (Lipinski definition) is 2. The number of aryl methyl sites for hydroxylation is 1. The fraction of sp³-hybridized carbons (Fsp3) is 0.467. The number of alkyl halides is 3. The van der Waals surface area contributed by atoms with Crippen LogP contribution in [0, 0.1) is 12.8 Å². The first kappa shape index (κ1) is 32.3. The van der Waals surface area contributed by atoms with Crippen molar-refractivity contribution in [1.82, 2.24) is 4.98 Å². The van der Waals surface area contributed by atoms with E-state index in [4.69, 9.17) is 0 Å². The molecule has 0 radical (unpaired) electrons. The molecule has 2 aromatic rings. The topological polar surface area (TPSA) is 30.0 Å². The van der Waals surface area contributed by atoms with Crippen LogP contribution < -0.4 is 0 Å². The van der Waals surface area contributed by atoms with Gasteiger partial charge >= 0.3 is 6.18 Å². The van der Waals surface area contributed by atoms with Crippen LogP contribution in [0.15, 0.2) is 67.0 Å². The average molecular weight is 490 g/mol. The van der Waals surface area contributed by atoms with E-state index >= 15 is 0 Å². The van der Waals surface area contributed by atoms with Crippen LogP contribution in [0.3, 0.4) is 0 Å². The van der Waals surface area contributed by atoms with Gasteiger partial charge in [-0.15, -0.1) is 0 Å². The third-order valence-corrected chi connectivity index (χ3v) is 5.46. The molecule has 1 aromatic heterocycles. The maximum atomic E-state index is 12.2. The number of aromatic nitrogens is 1. The van der Waals surface area contributed by atoms with Crippen LogP contribution >= 0.6 is 0 Å². The molecule has 1 saturated carbocycles. The van der Waals surface area contributed by atoms with Gasteiger partial charge in [0.2, 0.25) is 0 Å². The molecule has 5 heteroatoms. The summed E-state index contributed by atoms with van der Waals surface area (Å²) in [5, 5.41) is 0. The van der Waals surface area contributed by atoms with E-state index in [-0.39, 0.29) is 5.78 Å². The first-order chi connectivity index (χ1) is 16.5. The van der Waals surface area contributed by atoms with Gasteiger partial charge in [-0.3, -0.25) is 9.78 Å². The Labute approximate surface area is 210 Å². The second kappa shape index (κ2) is 17.7. The molecule has 0 unspecified atom stereocenters. The van der Waals surface area contributed by atoms with E-state index < -0.39 is 11.7 Å². The molecule has 1 aromatic carbocycles. The van der Waals surface area contributed by atoms with Crippen LogP contribution in [0.2, 0.25) is 0 Å². The van der Waals surface area contributed by atoms with Crippen molar-refractivity contribution in [1.29, 1.82) is 0 Å². The molecule has 1 aliphatic carbocycles. The Bertz CT molecular complexity index is 878. The van der Waals surface area contributed by atoms with E-state index in [9.17, 15) is 18.0 Å². The van der Waals surface area contributed by atoms with Crippen molar-refractivity contribution < 1.29 is 18.0 Å².